The highest BCUT2D eigenvalue weighted by Crippen LogP contribution is 2.40. The van der Waals surface area contributed by atoms with E-state index in [1.807, 2.05) is 36.4 Å². The van der Waals surface area contributed by atoms with Crippen molar-refractivity contribution in [1.82, 2.24) is 19.7 Å². The SMILES string of the molecule is CN1CCN(c2ncccc2C(=O)Nc2ccc3c(c2)-c2c(c(C(N)=O)nn2-c2ccc4c(c2)OCO4)CC3)CC1. The molecule has 0 spiro atoms. The zero-order valence-electron chi connectivity index (χ0n) is 22.6. The van der Waals surface area contributed by atoms with Gasteiger partial charge < -0.3 is 30.3 Å². The molecule has 41 heavy (non-hydrogen) atoms. The normalized spacial score (nSPS) is 15.8. The number of carbonyl (C=O) groups is 2. The van der Waals surface area contributed by atoms with Crippen molar-refractivity contribution in [2.24, 2.45) is 5.73 Å². The maximum atomic E-state index is 13.6. The first kappa shape index (κ1) is 25.1. The Morgan fingerprint density at radius 1 is 0.976 bits per heavy atom. The van der Waals surface area contributed by atoms with Crippen molar-refractivity contribution in [2.75, 3.05) is 50.2 Å². The van der Waals surface area contributed by atoms with Crippen molar-refractivity contribution in [3.63, 3.8) is 0 Å². The van der Waals surface area contributed by atoms with Crippen LogP contribution in [0.4, 0.5) is 11.5 Å². The fraction of sp³-hybridized carbons (Fsp3) is 0.267. The van der Waals surface area contributed by atoms with Crippen LogP contribution in [-0.2, 0) is 12.8 Å². The molecule has 4 aromatic rings. The van der Waals surface area contributed by atoms with Gasteiger partial charge in [0, 0.05) is 55.3 Å². The minimum Gasteiger partial charge on any atom is -0.454 e. The van der Waals surface area contributed by atoms with Gasteiger partial charge in [0.1, 0.15) is 5.82 Å². The molecule has 2 amide bonds. The van der Waals surface area contributed by atoms with Gasteiger partial charge >= 0.3 is 0 Å². The Balaban J connectivity index is 1.25. The van der Waals surface area contributed by atoms with Crippen LogP contribution in [0.3, 0.4) is 0 Å². The summed E-state index contributed by atoms with van der Waals surface area (Å²) in [6, 6.07) is 15.0. The first-order chi connectivity index (χ1) is 20.0. The van der Waals surface area contributed by atoms with Crippen molar-refractivity contribution in [3.05, 3.63) is 77.1 Å². The molecule has 208 valence electrons. The lowest BCUT2D eigenvalue weighted by Crippen LogP contribution is -2.45. The number of aryl methyl sites for hydroxylation is 1. The molecule has 3 N–H and O–H groups in total. The van der Waals surface area contributed by atoms with Gasteiger partial charge in [0.15, 0.2) is 17.2 Å². The third-order valence-electron chi connectivity index (χ3n) is 7.92. The van der Waals surface area contributed by atoms with E-state index in [-0.39, 0.29) is 18.4 Å². The van der Waals surface area contributed by atoms with E-state index in [2.05, 4.69) is 32.2 Å². The number of rotatable bonds is 5. The predicted octanol–water partition coefficient (Wildman–Crippen LogP) is 2.86. The summed E-state index contributed by atoms with van der Waals surface area (Å²) < 4.78 is 12.8. The summed E-state index contributed by atoms with van der Waals surface area (Å²) in [7, 11) is 2.09. The monoisotopic (exact) mass is 551 g/mol. The van der Waals surface area contributed by atoms with Crippen LogP contribution in [0.15, 0.2) is 54.7 Å². The smallest absolute Gasteiger partial charge is 0.269 e. The molecule has 1 saturated heterocycles. The Bertz CT molecular complexity index is 1690. The van der Waals surface area contributed by atoms with Crippen LogP contribution >= 0.6 is 0 Å². The number of pyridine rings is 1. The molecule has 0 saturated carbocycles. The quantitative estimate of drug-likeness (QED) is 0.388. The third kappa shape index (κ3) is 4.44. The van der Waals surface area contributed by atoms with Crippen LogP contribution in [0.2, 0.25) is 0 Å². The number of hydrogen-bond donors (Lipinski definition) is 2. The number of ether oxygens (including phenoxy) is 2. The number of hydrogen-bond acceptors (Lipinski definition) is 8. The molecule has 0 radical (unpaired) electrons. The highest BCUT2D eigenvalue weighted by molar-refractivity contribution is 6.08. The van der Waals surface area contributed by atoms with Crippen LogP contribution in [0, 0.1) is 0 Å². The Morgan fingerprint density at radius 3 is 2.63 bits per heavy atom. The second kappa shape index (κ2) is 9.93. The molecule has 0 unspecified atom stereocenters. The summed E-state index contributed by atoms with van der Waals surface area (Å²) in [5, 5.41) is 7.71. The standard InChI is InChI=1S/C30H29N7O4/c1-35-11-13-36(14-12-35)29-22(3-2-10-32-29)30(39)33-19-6-4-18-5-8-21-26(28(31)38)34-37(27(21)23(18)15-19)20-7-9-24-25(16-20)41-17-40-24/h2-4,6-7,9-10,15-16H,5,8,11-14,17H2,1H3,(H2,31,38)(H,33,39). The number of amides is 2. The summed E-state index contributed by atoms with van der Waals surface area (Å²) in [4.78, 5) is 34.9. The van der Waals surface area contributed by atoms with E-state index in [0.717, 1.165) is 55.0 Å². The number of carbonyl (C=O) groups excluding carboxylic acids is 2. The maximum absolute atomic E-state index is 13.6. The number of primary amides is 1. The zero-order chi connectivity index (χ0) is 28.1. The number of fused-ring (bicyclic) bond motifs is 4. The van der Waals surface area contributed by atoms with E-state index in [4.69, 9.17) is 15.2 Å². The summed E-state index contributed by atoms with van der Waals surface area (Å²) in [6.07, 6.45) is 3.07. The molecule has 7 rings (SSSR count). The van der Waals surface area contributed by atoms with Gasteiger partial charge in [-0.25, -0.2) is 9.67 Å². The average Bonchev–Trinajstić information content (AvgIpc) is 3.62. The van der Waals surface area contributed by atoms with Crippen molar-refractivity contribution in [1.29, 1.82) is 0 Å². The number of anilines is 2. The molecular weight excluding hydrogens is 522 g/mol. The van der Waals surface area contributed by atoms with Gasteiger partial charge in [-0.15, -0.1) is 0 Å². The molecule has 0 bridgehead atoms. The fourth-order valence-electron chi connectivity index (χ4n) is 5.76. The molecule has 11 nitrogen and oxygen atoms in total. The first-order valence-corrected chi connectivity index (χ1v) is 13.6. The highest BCUT2D eigenvalue weighted by atomic mass is 16.7. The summed E-state index contributed by atoms with van der Waals surface area (Å²) in [6.45, 7) is 3.59. The van der Waals surface area contributed by atoms with Gasteiger partial charge in [0.25, 0.3) is 11.8 Å². The molecule has 3 aliphatic rings. The zero-order valence-corrected chi connectivity index (χ0v) is 22.6. The topological polar surface area (TPSA) is 128 Å². The highest BCUT2D eigenvalue weighted by Gasteiger charge is 2.29. The number of likely N-dealkylation sites (N-methyl/N-ethyl adjacent to an activating group) is 1. The van der Waals surface area contributed by atoms with Crippen molar-refractivity contribution >= 4 is 23.3 Å². The molecule has 4 heterocycles. The van der Waals surface area contributed by atoms with Crippen molar-refractivity contribution < 1.29 is 19.1 Å². The second-order valence-electron chi connectivity index (χ2n) is 10.5. The summed E-state index contributed by atoms with van der Waals surface area (Å²) in [5.74, 6) is 1.13. The Labute approximate surface area is 236 Å². The van der Waals surface area contributed by atoms with E-state index in [1.165, 1.54) is 0 Å². The molecule has 1 aliphatic carbocycles. The van der Waals surface area contributed by atoms with Gasteiger partial charge in [-0.3, -0.25) is 9.59 Å². The van der Waals surface area contributed by atoms with Crippen LogP contribution in [0.1, 0.15) is 32.0 Å². The summed E-state index contributed by atoms with van der Waals surface area (Å²) >= 11 is 0. The second-order valence-corrected chi connectivity index (χ2v) is 10.5. The third-order valence-corrected chi connectivity index (χ3v) is 7.92. The lowest BCUT2D eigenvalue weighted by atomic mass is 9.88. The van der Waals surface area contributed by atoms with E-state index < -0.39 is 5.91 Å². The van der Waals surface area contributed by atoms with E-state index in [9.17, 15) is 9.59 Å². The van der Waals surface area contributed by atoms with Crippen LogP contribution in [-0.4, -0.2) is 71.5 Å². The molecule has 11 heteroatoms. The predicted molar refractivity (Wildman–Crippen MR) is 153 cm³/mol. The van der Waals surface area contributed by atoms with E-state index >= 15 is 0 Å². The average molecular weight is 552 g/mol. The molecule has 2 aromatic heterocycles. The van der Waals surface area contributed by atoms with E-state index in [0.29, 0.717) is 40.7 Å². The lowest BCUT2D eigenvalue weighted by Gasteiger charge is -2.34. The van der Waals surface area contributed by atoms with E-state index in [1.54, 1.807) is 23.0 Å². The molecule has 2 aromatic carbocycles. The van der Waals surface area contributed by atoms with Gasteiger partial charge in [0.2, 0.25) is 6.79 Å². The first-order valence-electron chi connectivity index (χ1n) is 13.6. The van der Waals surface area contributed by atoms with Crippen LogP contribution in [0.5, 0.6) is 11.5 Å². The maximum Gasteiger partial charge on any atom is 0.269 e. The summed E-state index contributed by atoms with van der Waals surface area (Å²) in [5.41, 5.74) is 11.4. The minimum atomic E-state index is -0.582. The van der Waals surface area contributed by atoms with Crippen LogP contribution in [0.25, 0.3) is 16.9 Å². The number of piperazine rings is 1. The Morgan fingerprint density at radius 2 is 1.80 bits per heavy atom. The van der Waals surface area contributed by atoms with Crippen LogP contribution < -0.4 is 25.4 Å². The molecule has 1 fully saturated rings. The number of aromatic nitrogens is 3. The van der Waals surface area contributed by atoms with Gasteiger partial charge in [0.05, 0.1) is 16.9 Å². The fourth-order valence-corrected chi connectivity index (χ4v) is 5.76. The molecular formula is C30H29N7O4. The molecule has 2 aliphatic heterocycles. The number of benzene rings is 2. The largest absolute Gasteiger partial charge is 0.454 e. The van der Waals surface area contributed by atoms with Gasteiger partial charge in [-0.05, 0) is 61.9 Å². The minimum absolute atomic E-state index is 0.155. The number of nitrogens with two attached hydrogens (primary N) is 1. The van der Waals surface area contributed by atoms with Crippen molar-refractivity contribution in [3.8, 4) is 28.4 Å². The Hall–Kier alpha value is -4.90. The van der Waals surface area contributed by atoms with Gasteiger partial charge in [-0.1, -0.05) is 6.07 Å². The number of nitrogens with zero attached hydrogens (tertiary/aromatic N) is 5. The van der Waals surface area contributed by atoms with Crippen molar-refractivity contribution in [2.45, 2.75) is 12.8 Å². The van der Waals surface area contributed by atoms with Gasteiger partial charge in [-0.2, -0.15) is 5.10 Å². The number of nitrogens with one attached hydrogen (secondary N) is 1. The molecule has 0 atom stereocenters. The lowest BCUT2D eigenvalue weighted by molar-refractivity contribution is 0.0992. The Kier molecular flexibility index (Phi) is 6.08.